The lowest BCUT2D eigenvalue weighted by Gasteiger charge is -2.41. The van der Waals surface area contributed by atoms with Crippen molar-refractivity contribution in [2.45, 2.75) is 38.1 Å². The molecule has 0 atom stereocenters. The molecule has 6 nitrogen and oxygen atoms in total. The normalized spacial score (nSPS) is 16.3. The molecule has 3 N–H and O–H groups in total. The van der Waals surface area contributed by atoms with Crippen LogP contribution in [0.15, 0.2) is 18.3 Å². The summed E-state index contributed by atoms with van der Waals surface area (Å²) < 4.78 is 0. The van der Waals surface area contributed by atoms with Crippen molar-refractivity contribution in [2.24, 2.45) is 0 Å². The third kappa shape index (κ3) is 3.01. The monoisotopic (exact) mass is 263 g/mol. The van der Waals surface area contributed by atoms with Gasteiger partial charge >= 0.3 is 12.0 Å². The van der Waals surface area contributed by atoms with Gasteiger partial charge in [-0.15, -0.1) is 0 Å². The van der Waals surface area contributed by atoms with Crippen LogP contribution in [0.3, 0.4) is 0 Å². The van der Waals surface area contributed by atoms with Crippen LogP contribution in [0, 0.1) is 0 Å². The summed E-state index contributed by atoms with van der Waals surface area (Å²) in [5, 5.41) is 14.4. The van der Waals surface area contributed by atoms with E-state index >= 15 is 0 Å². The first kappa shape index (κ1) is 13.3. The van der Waals surface area contributed by atoms with Crippen molar-refractivity contribution in [1.29, 1.82) is 0 Å². The third-order valence-corrected chi connectivity index (χ3v) is 3.61. The Bertz CT molecular complexity index is 475. The Morgan fingerprint density at radius 3 is 2.58 bits per heavy atom. The molecule has 1 saturated carbocycles. The molecule has 1 aliphatic carbocycles. The molecule has 1 aromatic heterocycles. The van der Waals surface area contributed by atoms with E-state index in [1.807, 2.05) is 0 Å². The van der Waals surface area contributed by atoms with Crippen LogP contribution in [0.1, 0.15) is 43.1 Å². The van der Waals surface area contributed by atoms with E-state index < -0.39 is 5.97 Å². The average molecular weight is 263 g/mol. The number of anilines is 1. The summed E-state index contributed by atoms with van der Waals surface area (Å²) in [4.78, 5) is 26.2. The molecule has 2 amide bonds. The van der Waals surface area contributed by atoms with E-state index in [9.17, 15) is 9.59 Å². The Morgan fingerprint density at radius 1 is 1.42 bits per heavy atom. The summed E-state index contributed by atoms with van der Waals surface area (Å²) in [7, 11) is 0. The Balaban J connectivity index is 1.93. The number of aromatic carboxylic acids is 1. The van der Waals surface area contributed by atoms with Gasteiger partial charge in [0.1, 0.15) is 5.69 Å². The molecule has 0 saturated heterocycles. The number of hydrogen-bond donors (Lipinski definition) is 3. The first-order chi connectivity index (χ1) is 9.04. The second kappa shape index (κ2) is 5.26. The van der Waals surface area contributed by atoms with Crippen LogP contribution in [-0.4, -0.2) is 27.6 Å². The molecule has 0 unspecified atom stereocenters. The molecule has 19 heavy (non-hydrogen) atoms. The second-order valence-corrected chi connectivity index (χ2v) is 4.80. The number of carboxylic acid groups (broad SMARTS) is 1. The highest BCUT2D eigenvalue weighted by atomic mass is 16.4. The summed E-state index contributed by atoms with van der Waals surface area (Å²) in [5.41, 5.74) is 0.362. The third-order valence-electron chi connectivity index (χ3n) is 3.61. The second-order valence-electron chi connectivity index (χ2n) is 4.80. The molecule has 1 aliphatic rings. The van der Waals surface area contributed by atoms with Crippen LogP contribution >= 0.6 is 0 Å². The molecular formula is C13H17N3O3. The van der Waals surface area contributed by atoms with Crippen LogP contribution in [-0.2, 0) is 0 Å². The number of rotatable bonds is 4. The van der Waals surface area contributed by atoms with Gasteiger partial charge in [0.15, 0.2) is 0 Å². The Morgan fingerprint density at radius 2 is 2.16 bits per heavy atom. The molecule has 0 aromatic carbocycles. The molecule has 1 aromatic rings. The highest BCUT2D eigenvalue weighted by molar-refractivity contribution is 5.90. The molecule has 0 radical (unpaired) electrons. The Kier molecular flexibility index (Phi) is 3.69. The van der Waals surface area contributed by atoms with Crippen LogP contribution in [0.2, 0.25) is 0 Å². The molecule has 0 bridgehead atoms. The molecule has 102 valence electrons. The zero-order chi connectivity index (χ0) is 13.9. The maximum atomic E-state index is 11.8. The van der Waals surface area contributed by atoms with Crippen molar-refractivity contribution in [3.63, 3.8) is 0 Å². The van der Waals surface area contributed by atoms with Gasteiger partial charge in [-0.2, -0.15) is 0 Å². The lowest BCUT2D eigenvalue weighted by molar-refractivity contribution is 0.0690. The Hall–Kier alpha value is -2.11. The van der Waals surface area contributed by atoms with Crippen LogP contribution in [0.25, 0.3) is 0 Å². The van der Waals surface area contributed by atoms with Gasteiger partial charge in [-0.25, -0.2) is 14.6 Å². The number of carbonyl (C=O) groups excluding carboxylic acids is 1. The minimum absolute atomic E-state index is 0.0463. The lowest BCUT2D eigenvalue weighted by atomic mass is 9.75. The lowest BCUT2D eigenvalue weighted by Crippen LogP contribution is -2.54. The minimum atomic E-state index is -1.09. The van der Waals surface area contributed by atoms with Crippen molar-refractivity contribution in [3.8, 4) is 0 Å². The molecule has 6 heteroatoms. The molecular weight excluding hydrogens is 246 g/mol. The maximum absolute atomic E-state index is 11.8. The standard InChI is InChI=1S/C13H17N3O3/c1-2-13(6-3-7-13)16-12(19)15-9-4-5-10(11(17)18)14-8-9/h4-5,8H,2-3,6-7H2,1H3,(H,17,18)(H2,15,16,19). The van der Waals surface area contributed by atoms with Gasteiger partial charge in [-0.1, -0.05) is 6.92 Å². The topological polar surface area (TPSA) is 91.3 Å². The van der Waals surface area contributed by atoms with Crippen molar-refractivity contribution in [3.05, 3.63) is 24.0 Å². The summed E-state index contributed by atoms with van der Waals surface area (Å²) in [6.07, 6.45) is 5.41. The largest absolute Gasteiger partial charge is 0.477 e. The van der Waals surface area contributed by atoms with Crippen LogP contribution < -0.4 is 10.6 Å². The summed E-state index contributed by atoms with van der Waals surface area (Å²) >= 11 is 0. The number of hydrogen-bond acceptors (Lipinski definition) is 3. The van der Waals surface area contributed by atoms with Gasteiger partial charge in [0.2, 0.25) is 0 Å². The maximum Gasteiger partial charge on any atom is 0.354 e. The smallest absolute Gasteiger partial charge is 0.354 e. The van der Waals surface area contributed by atoms with Crippen molar-refractivity contribution in [2.75, 3.05) is 5.32 Å². The number of nitrogens with one attached hydrogen (secondary N) is 2. The fourth-order valence-electron chi connectivity index (χ4n) is 2.17. The number of aromatic nitrogens is 1. The van der Waals surface area contributed by atoms with E-state index in [2.05, 4.69) is 22.5 Å². The Labute approximate surface area is 111 Å². The molecule has 1 fully saturated rings. The van der Waals surface area contributed by atoms with Gasteiger partial charge in [-0.3, -0.25) is 0 Å². The zero-order valence-electron chi connectivity index (χ0n) is 10.8. The minimum Gasteiger partial charge on any atom is -0.477 e. The highest BCUT2D eigenvalue weighted by Crippen LogP contribution is 2.34. The SMILES string of the molecule is CCC1(NC(=O)Nc2ccc(C(=O)O)nc2)CCC1. The van der Waals surface area contributed by atoms with Crippen molar-refractivity contribution in [1.82, 2.24) is 10.3 Å². The molecule has 0 aliphatic heterocycles. The average Bonchev–Trinajstić information content (AvgIpc) is 2.34. The number of pyridine rings is 1. The predicted molar refractivity (Wildman–Crippen MR) is 70.2 cm³/mol. The summed E-state index contributed by atoms with van der Waals surface area (Å²) in [5.74, 6) is -1.09. The number of carboxylic acids is 1. The van der Waals surface area contributed by atoms with Gasteiger partial charge in [0.25, 0.3) is 0 Å². The van der Waals surface area contributed by atoms with Gasteiger partial charge < -0.3 is 15.7 Å². The van der Waals surface area contributed by atoms with E-state index in [0.29, 0.717) is 5.69 Å². The molecule has 1 heterocycles. The van der Waals surface area contributed by atoms with E-state index in [1.54, 1.807) is 0 Å². The van der Waals surface area contributed by atoms with Crippen molar-refractivity contribution >= 4 is 17.7 Å². The summed E-state index contributed by atoms with van der Waals surface area (Å²) in [6, 6.07) is 2.61. The van der Waals surface area contributed by atoms with Crippen molar-refractivity contribution < 1.29 is 14.7 Å². The molecule has 0 spiro atoms. The fraction of sp³-hybridized carbons (Fsp3) is 0.462. The highest BCUT2D eigenvalue weighted by Gasteiger charge is 2.36. The summed E-state index contributed by atoms with van der Waals surface area (Å²) in [6.45, 7) is 2.06. The van der Waals surface area contributed by atoms with E-state index in [4.69, 9.17) is 5.11 Å². The number of carbonyl (C=O) groups is 2. The molecule has 2 rings (SSSR count). The van der Waals surface area contributed by atoms with Crippen LogP contribution in [0.5, 0.6) is 0 Å². The number of urea groups is 1. The van der Waals surface area contributed by atoms with Gasteiger partial charge in [0.05, 0.1) is 11.9 Å². The van der Waals surface area contributed by atoms with Gasteiger partial charge in [0, 0.05) is 5.54 Å². The number of nitrogens with zero attached hydrogens (tertiary/aromatic N) is 1. The van der Waals surface area contributed by atoms with E-state index in [0.717, 1.165) is 25.7 Å². The first-order valence-electron chi connectivity index (χ1n) is 6.33. The van der Waals surface area contributed by atoms with E-state index in [-0.39, 0.29) is 17.3 Å². The quantitative estimate of drug-likeness (QED) is 0.776. The predicted octanol–water partition coefficient (Wildman–Crippen LogP) is 2.23. The van der Waals surface area contributed by atoms with Crippen LogP contribution in [0.4, 0.5) is 10.5 Å². The number of amides is 2. The van der Waals surface area contributed by atoms with E-state index in [1.165, 1.54) is 18.3 Å². The fourth-order valence-corrected chi connectivity index (χ4v) is 2.17. The first-order valence-corrected chi connectivity index (χ1v) is 6.33. The zero-order valence-corrected chi connectivity index (χ0v) is 10.8. The van der Waals surface area contributed by atoms with Gasteiger partial charge in [-0.05, 0) is 37.8 Å².